The molecular weight excluding hydrogens is 292 g/mol. The highest BCUT2D eigenvalue weighted by molar-refractivity contribution is 6.35. The standard InChI is InChI=1S/C17H24N4O2/c22-16(17(23)20-15-1-2-15)19-11-13-5-9-21(10-6-13)12-14-3-7-18-8-4-14/h3-4,7-8,13,15H,1-2,5-6,9-12H2,(H,19,22)(H,20,23). The van der Waals surface area contributed by atoms with E-state index >= 15 is 0 Å². The molecule has 23 heavy (non-hydrogen) atoms. The van der Waals surface area contributed by atoms with E-state index in [4.69, 9.17) is 0 Å². The summed E-state index contributed by atoms with van der Waals surface area (Å²) in [6.07, 6.45) is 7.74. The van der Waals surface area contributed by atoms with Gasteiger partial charge in [0.1, 0.15) is 0 Å². The number of amides is 2. The van der Waals surface area contributed by atoms with Gasteiger partial charge >= 0.3 is 11.8 Å². The van der Waals surface area contributed by atoms with Gasteiger partial charge in [-0.3, -0.25) is 19.5 Å². The Labute approximate surface area is 136 Å². The number of hydrogen-bond donors (Lipinski definition) is 2. The minimum atomic E-state index is -0.490. The van der Waals surface area contributed by atoms with Gasteiger partial charge in [0.25, 0.3) is 0 Å². The van der Waals surface area contributed by atoms with Crippen LogP contribution in [0.25, 0.3) is 0 Å². The van der Waals surface area contributed by atoms with E-state index in [9.17, 15) is 9.59 Å². The molecule has 2 N–H and O–H groups in total. The van der Waals surface area contributed by atoms with Crippen LogP contribution in [-0.2, 0) is 16.1 Å². The monoisotopic (exact) mass is 316 g/mol. The van der Waals surface area contributed by atoms with Crippen LogP contribution in [0.2, 0.25) is 0 Å². The van der Waals surface area contributed by atoms with Gasteiger partial charge in [-0.15, -0.1) is 0 Å². The molecule has 2 fully saturated rings. The fourth-order valence-electron chi connectivity index (χ4n) is 2.89. The molecule has 6 nitrogen and oxygen atoms in total. The number of rotatable bonds is 5. The van der Waals surface area contributed by atoms with E-state index in [0.29, 0.717) is 12.5 Å². The van der Waals surface area contributed by atoms with Crippen molar-refractivity contribution in [1.82, 2.24) is 20.5 Å². The first-order valence-corrected chi connectivity index (χ1v) is 8.40. The molecule has 2 amide bonds. The topological polar surface area (TPSA) is 74.3 Å². The summed E-state index contributed by atoms with van der Waals surface area (Å²) in [6.45, 7) is 3.60. The second-order valence-corrected chi connectivity index (χ2v) is 6.53. The van der Waals surface area contributed by atoms with Crippen LogP contribution in [0.1, 0.15) is 31.2 Å². The molecular formula is C17H24N4O2. The Morgan fingerprint density at radius 1 is 1.09 bits per heavy atom. The highest BCUT2D eigenvalue weighted by Crippen LogP contribution is 2.19. The Bertz CT molecular complexity index is 537. The summed E-state index contributed by atoms with van der Waals surface area (Å²) in [6, 6.07) is 4.32. The van der Waals surface area contributed by atoms with Crippen LogP contribution in [0.15, 0.2) is 24.5 Å². The molecule has 3 rings (SSSR count). The minimum Gasteiger partial charge on any atom is -0.348 e. The van der Waals surface area contributed by atoms with Gasteiger partial charge in [-0.25, -0.2) is 0 Å². The van der Waals surface area contributed by atoms with Gasteiger partial charge in [-0.1, -0.05) is 0 Å². The minimum absolute atomic E-state index is 0.227. The molecule has 2 heterocycles. The third kappa shape index (κ3) is 5.03. The first kappa shape index (κ1) is 15.9. The molecule has 124 valence electrons. The molecule has 1 aromatic rings. The summed E-state index contributed by atoms with van der Waals surface area (Å²) in [5.74, 6) is -0.514. The Morgan fingerprint density at radius 3 is 2.43 bits per heavy atom. The van der Waals surface area contributed by atoms with Crippen molar-refractivity contribution in [2.75, 3.05) is 19.6 Å². The van der Waals surface area contributed by atoms with Crippen molar-refractivity contribution in [1.29, 1.82) is 0 Å². The lowest BCUT2D eigenvalue weighted by molar-refractivity contribution is -0.139. The molecule has 1 saturated carbocycles. The predicted octanol–water partition coefficient (Wildman–Crippen LogP) is 0.688. The number of carbonyl (C=O) groups is 2. The molecule has 0 radical (unpaired) electrons. The average molecular weight is 316 g/mol. The molecule has 2 aliphatic rings. The lowest BCUT2D eigenvalue weighted by Gasteiger charge is -2.32. The summed E-state index contributed by atoms with van der Waals surface area (Å²) in [7, 11) is 0. The molecule has 0 unspecified atom stereocenters. The van der Waals surface area contributed by atoms with Crippen LogP contribution < -0.4 is 10.6 Å². The molecule has 1 aromatic heterocycles. The highest BCUT2D eigenvalue weighted by atomic mass is 16.2. The molecule has 1 aliphatic heterocycles. The lowest BCUT2D eigenvalue weighted by Crippen LogP contribution is -2.44. The van der Waals surface area contributed by atoms with Crippen molar-refractivity contribution in [2.45, 2.75) is 38.3 Å². The number of carbonyl (C=O) groups excluding carboxylic acids is 2. The normalized spacial score (nSPS) is 19.3. The van der Waals surface area contributed by atoms with Gasteiger partial charge in [0.15, 0.2) is 0 Å². The van der Waals surface area contributed by atoms with E-state index in [1.807, 2.05) is 24.5 Å². The Kier molecular flexibility index (Phi) is 5.23. The van der Waals surface area contributed by atoms with Crippen molar-refractivity contribution >= 4 is 11.8 Å². The van der Waals surface area contributed by atoms with Crippen molar-refractivity contribution in [3.8, 4) is 0 Å². The maximum atomic E-state index is 11.7. The number of piperidine rings is 1. The smallest absolute Gasteiger partial charge is 0.309 e. The zero-order valence-electron chi connectivity index (χ0n) is 13.3. The molecule has 1 saturated heterocycles. The Hall–Kier alpha value is -1.95. The van der Waals surface area contributed by atoms with Crippen LogP contribution >= 0.6 is 0 Å². The van der Waals surface area contributed by atoms with Crippen LogP contribution in [0.4, 0.5) is 0 Å². The zero-order chi connectivity index (χ0) is 16.1. The number of hydrogen-bond acceptors (Lipinski definition) is 4. The predicted molar refractivity (Wildman–Crippen MR) is 86.4 cm³/mol. The summed E-state index contributed by atoms with van der Waals surface area (Å²) < 4.78 is 0. The summed E-state index contributed by atoms with van der Waals surface area (Å²) >= 11 is 0. The SMILES string of the molecule is O=C(NCC1CCN(Cc2ccncc2)CC1)C(=O)NC1CC1. The third-order valence-electron chi connectivity index (χ3n) is 4.53. The van der Waals surface area contributed by atoms with Crippen molar-refractivity contribution in [3.63, 3.8) is 0 Å². The van der Waals surface area contributed by atoms with Gasteiger partial charge < -0.3 is 10.6 Å². The van der Waals surface area contributed by atoms with Crippen LogP contribution in [0, 0.1) is 5.92 Å². The largest absolute Gasteiger partial charge is 0.348 e. The highest BCUT2D eigenvalue weighted by Gasteiger charge is 2.27. The maximum absolute atomic E-state index is 11.7. The second kappa shape index (κ2) is 7.55. The number of nitrogens with one attached hydrogen (secondary N) is 2. The van der Waals surface area contributed by atoms with Crippen LogP contribution in [0.3, 0.4) is 0 Å². The molecule has 0 spiro atoms. The third-order valence-corrected chi connectivity index (χ3v) is 4.53. The molecule has 1 aliphatic carbocycles. The maximum Gasteiger partial charge on any atom is 0.309 e. The lowest BCUT2D eigenvalue weighted by atomic mass is 9.96. The van der Waals surface area contributed by atoms with E-state index in [2.05, 4.69) is 20.5 Å². The number of pyridine rings is 1. The van der Waals surface area contributed by atoms with E-state index in [-0.39, 0.29) is 6.04 Å². The zero-order valence-corrected chi connectivity index (χ0v) is 13.3. The fourth-order valence-corrected chi connectivity index (χ4v) is 2.89. The van der Waals surface area contributed by atoms with Crippen molar-refractivity contribution < 1.29 is 9.59 Å². The van der Waals surface area contributed by atoms with Gasteiger partial charge in [0.2, 0.25) is 0 Å². The molecule has 0 atom stereocenters. The van der Waals surface area contributed by atoms with Gasteiger partial charge in [0, 0.05) is 31.5 Å². The number of aromatic nitrogens is 1. The van der Waals surface area contributed by atoms with E-state index in [1.165, 1.54) is 5.56 Å². The van der Waals surface area contributed by atoms with Crippen molar-refractivity contribution in [3.05, 3.63) is 30.1 Å². The first-order valence-electron chi connectivity index (χ1n) is 8.40. The average Bonchev–Trinajstić information content (AvgIpc) is 3.39. The second-order valence-electron chi connectivity index (χ2n) is 6.53. The van der Waals surface area contributed by atoms with Gasteiger partial charge in [-0.2, -0.15) is 0 Å². The van der Waals surface area contributed by atoms with E-state index in [0.717, 1.165) is 45.3 Å². The number of likely N-dealkylation sites (tertiary alicyclic amines) is 1. The Balaban J connectivity index is 1.34. The summed E-state index contributed by atoms with van der Waals surface area (Å²) in [5.41, 5.74) is 1.28. The quantitative estimate of drug-likeness (QED) is 0.784. The Morgan fingerprint density at radius 2 is 1.78 bits per heavy atom. The fraction of sp³-hybridized carbons (Fsp3) is 0.588. The van der Waals surface area contributed by atoms with Crippen LogP contribution in [0.5, 0.6) is 0 Å². The molecule has 0 bridgehead atoms. The van der Waals surface area contributed by atoms with E-state index < -0.39 is 11.8 Å². The number of nitrogens with zero attached hydrogens (tertiary/aromatic N) is 2. The van der Waals surface area contributed by atoms with Crippen molar-refractivity contribution in [2.24, 2.45) is 5.92 Å². The summed E-state index contributed by atoms with van der Waals surface area (Å²) in [5, 5.41) is 5.48. The van der Waals surface area contributed by atoms with Gasteiger partial charge in [-0.05, 0) is 62.4 Å². The first-order chi connectivity index (χ1) is 11.2. The van der Waals surface area contributed by atoms with Crippen LogP contribution in [-0.4, -0.2) is 47.4 Å². The molecule has 6 heteroatoms. The van der Waals surface area contributed by atoms with Gasteiger partial charge in [0.05, 0.1) is 0 Å². The molecule has 0 aromatic carbocycles. The summed E-state index contributed by atoms with van der Waals surface area (Å²) in [4.78, 5) is 29.8. The van der Waals surface area contributed by atoms with E-state index in [1.54, 1.807) is 0 Å².